The van der Waals surface area contributed by atoms with Crippen LogP contribution in [0.3, 0.4) is 0 Å². The Labute approximate surface area is 89.1 Å². The first-order valence-electron chi connectivity index (χ1n) is 3.11. The summed E-state index contributed by atoms with van der Waals surface area (Å²) in [6.45, 7) is 0. The van der Waals surface area contributed by atoms with Crippen LogP contribution in [0, 0.1) is 0 Å². The van der Waals surface area contributed by atoms with Gasteiger partial charge in [-0.05, 0) is 6.07 Å². The molecule has 0 bridgehead atoms. The number of aromatic hydroxyl groups is 1. The minimum atomic E-state index is -0.289. The normalized spacial score (nSPS) is 11.0. The van der Waals surface area contributed by atoms with Crippen molar-refractivity contribution in [2.75, 3.05) is 0 Å². The van der Waals surface area contributed by atoms with Gasteiger partial charge in [-0.15, -0.1) is 0 Å². The molecule has 0 saturated carbocycles. The Bertz CT molecular complexity index is 365. The van der Waals surface area contributed by atoms with Crippen molar-refractivity contribution in [2.45, 2.75) is 0 Å². The van der Waals surface area contributed by atoms with E-state index in [1.807, 2.05) is 0 Å². The second-order valence-electron chi connectivity index (χ2n) is 2.16. The molecule has 0 aromatic heterocycles. The van der Waals surface area contributed by atoms with E-state index >= 15 is 0 Å². The molecule has 70 valence electrons. The van der Waals surface area contributed by atoms with Crippen LogP contribution in [0.2, 0.25) is 15.1 Å². The van der Waals surface area contributed by atoms with Crippen LogP contribution in [0.5, 0.6) is 5.75 Å². The van der Waals surface area contributed by atoms with Gasteiger partial charge in [0.2, 0.25) is 0 Å². The molecule has 0 radical (unpaired) electrons. The van der Waals surface area contributed by atoms with Gasteiger partial charge in [0.05, 0.1) is 21.3 Å². The van der Waals surface area contributed by atoms with E-state index in [9.17, 15) is 5.11 Å². The summed E-state index contributed by atoms with van der Waals surface area (Å²) in [4.78, 5) is 0. The molecule has 0 aliphatic rings. The third-order valence-electron chi connectivity index (χ3n) is 1.37. The topological polar surface area (TPSA) is 52.8 Å². The van der Waals surface area contributed by atoms with Crippen molar-refractivity contribution < 1.29 is 10.3 Å². The van der Waals surface area contributed by atoms with E-state index < -0.39 is 0 Å². The van der Waals surface area contributed by atoms with Crippen molar-refractivity contribution in [2.24, 2.45) is 5.16 Å². The molecule has 1 rings (SSSR count). The molecule has 0 aliphatic carbocycles. The van der Waals surface area contributed by atoms with Gasteiger partial charge in [0, 0.05) is 5.56 Å². The van der Waals surface area contributed by atoms with E-state index in [4.69, 9.17) is 40.0 Å². The number of oxime groups is 1. The molecule has 13 heavy (non-hydrogen) atoms. The SMILES string of the molecule is O/N=C/c1c(Cl)cc(Cl)c(O)c1Cl. The summed E-state index contributed by atoms with van der Waals surface area (Å²) >= 11 is 16.9. The molecule has 1 aromatic rings. The highest BCUT2D eigenvalue weighted by atomic mass is 35.5. The summed E-state index contributed by atoms with van der Waals surface area (Å²) in [6, 6.07) is 1.31. The molecule has 0 saturated heterocycles. The number of halogens is 3. The minimum absolute atomic E-state index is 0.0460. The zero-order chi connectivity index (χ0) is 10.0. The standard InChI is InChI=1S/C7H4Cl3NO2/c8-4-1-5(9)7(12)6(10)3(4)2-11-13/h1-2,12-13H/b11-2+. The molecule has 6 heteroatoms. The number of phenols is 1. The Kier molecular flexibility index (Phi) is 3.25. The van der Waals surface area contributed by atoms with Crippen LogP contribution in [0.25, 0.3) is 0 Å². The van der Waals surface area contributed by atoms with Crippen LogP contribution in [0.4, 0.5) is 0 Å². The van der Waals surface area contributed by atoms with E-state index in [1.165, 1.54) is 6.07 Å². The van der Waals surface area contributed by atoms with E-state index in [1.54, 1.807) is 0 Å². The number of benzene rings is 1. The van der Waals surface area contributed by atoms with Crippen LogP contribution < -0.4 is 0 Å². The Hall–Kier alpha value is -0.640. The van der Waals surface area contributed by atoms with Crippen LogP contribution in [-0.2, 0) is 0 Å². The molecular weight excluding hydrogens is 236 g/mol. The molecule has 0 heterocycles. The van der Waals surface area contributed by atoms with Crippen molar-refractivity contribution in [3.8, 4) is 5.75 Å². The Morgan fingerprint density at radius 2 is 1.85 bits per heavy atom. The summed E-state index contributed by atoms with van der Waals surface area (Å²) in [7, 11) is 0. The van der Waals surface area contributed by atoms with Crippen molar-refractivity contribution in [1.82, 2.24) is 0 Å². The van der Waals surface area contributed by atoms with Crippen LogP contribution in [0.1, 0.15) is 5.56 Å². The van der Waals surface area contributed by atoms with Crippen molar-refractivity contribution >= 4 is 41.0 Å². The molecule has 0 aliphatic heterocycles. The third kappa shape index (κ3) is 1.99. The largest absolute Gasteiger partial charge is 0.505 e. The maximum atomic E-state index is 9.27. The van der Waals surface area contributed by atoms with E-state index in [-0.39, 0.29) is 26.4 Å². The smallest absolute Gasteiger partial charge is 0.153 e. The number of phenolic OH excluding ortho intramolecular Hbond substituents is 1. The fourth-order valence-corrected chi connectivity index (χ4v) is 1.63. The van der Waals surface area contributed by atoms with Gasteiger partial charge in [-0.2, -0.15) is 0 Å². The summed E-state index contributed by atoms with van der Waals surface area (Å²) in [5, 5.41) is 20.5. The van der Waals surface area contributed by atoms with Gasteiger partial charge in [-0.25, -0.2) is 0 Å². The number of hydrogen-bond acceptors (Lipinski definition) is 3. The first-order chi connectivity index (χ1) is 6.07. The summed E-state index contributed by atoms with van der Waals surface area (Å²) < 4.78 is 0. The first-order valence-corrected chi connectivity index (χ1v) is 4.25. The first kappa shape index (κ1) is 10.4. The lowest BCUT2D eigenvalue weighted by Gasteiger charge is -2.04. The fourth-order valence-electron chi connectivity index (χ4n) is 0.771. The maximum absolute atomic E-state index is 9.27. The molecule has 2 N–H and O–H groups in total. The second-order valence-corrected chi connectivity index (χ2v) is 3.35. The van der Waals surface area contributed by atoms with E-state index in [0.717, 1.165) is 6.21 Å². The highest BCUT2D eigenvalue weighted by Crippen LogP contribution is 2.37. The summed E-state index contributed by atoms with van der Waals surface area (Å²) in [6.07, 6.45) is 1.01. The Morgan fingerprint density at radius 3 is 2.38 bits per heavy atom. The average Bonchev–Trinajstić information content (AvgIpc) is 2.09. The third-order valence-corrected chi connectivity index (χ3v) is 2.35. The van der Waals surface area contributed by atoms with Crippen LogP contribution in [0.15, 0.2) is 11.2 Å². The molecule has 0 atom stereocenters. The molecule has 0 spiro atoms. The molecular formula is C7H4Cl3NO2. The maximum Gasteiger partial charge on any atom is 0.153 e. The van der Waals surface area contributed by atoms with E-state index in [2.05, 4.69) is 5.16 Å². The monoisotopic (exact) mass is 239 g/mol. The minimum Gasteiger partial charge on any atom is -0.505 e. The van der Waals surface area contributed by atoms with Gasteiger partial charge in [-0.3, -0.25) is 0 Å². The van der Waals surface area contributed by atoms with Gasteiger partial charge in [-0.1, -0.05) is 40.0 Å². The number of rotatable bonds is 1. The predicted molar refractivity (Wildman–Crippen MR) is 52.5 cm³/mol. The van der Waals surface area contributed by atoms with Gasteiger partial charge in [0.1, 0.15) is 0 Å². The quantitative estimate of drug-likeness (QED) is 0.450. The van der Waals surface area contributed by atoms with Crippen LogP contribution >= 0.6 is 34.8 Å². The molecule has 0 fully saturated rings. The van der Waals surface area contributed by atoms with Crippen molar-refractivity contribution in [1.29, 1.82) is 0 Å². The summed E-state index contributed by atoms with van der Waals surface area (Å²) in [5.74, 6) is -0.289. The Morgan fingerprint density at radius 1 is 1.23 bits per heavy atom. The van der Waals surface area contributed by atoms with Gasteiger partial charge >= 0.3 is 0 Å². The lowest BCUT2D eigenvalue weighted by Crippen LogP contribution is -1.86. The fraction of sp³-hybridized carbons (Fsp3) is 0. The highest BCUT2D eigenvalue weighted by molar-refractivity contribution is 6.43. The van der Waals surface area contributed by atoms with Crippen molar-refractivity contribution in [3.63, 3.8) is 0 Å². The molecule has 3 nitrogen and oxygen atoms in total. The predicted octanol–water partition coefficient (Wildman–Crippen LogP) is 3.16. The van der Waals surface area contributed by atoms with E-state index in [0.29, 0.717) is 0 Å². The molecule has 1 aromatic carbocycles. The zero-order valence-electron chi connectivity index (χ0n) is 6.13. The van der Waals surface area contributed by atoms with Gasteiger partial charge in [0.15, 0.2) is 5.75 Å². The van der Waals surface area contributed by atoms with Gasteiger partial charge < -0.3 is 10.3 Å². The zero-order valence-corrected chi connectivity index (χ0v) is 8.40. The second kappa shape index (κ2) is 4.05. The average molecular weight is 240 g/mol. The van der Waals surface area contributed by atoms with Crippen LogP contribution in [-0.4, -0.2) is 16.5 Å². The van der Waals surface area contributed by atoms with Gasteiger partial charge in [0.25, 0.3) is 0 Å². The molecule has 0 amide bonds. The highest BCUT2D eigenvalue weighted by Gasteiger charge is 2.12. The number of hydrogen-bond donors (Lipinski definition) is 2. The lowest BCUT2D eigenvalue weighted by molar-refractivity contribution is 0.322. The number of nitrogens with zero attached hydrogens (tertiary/aromatic N) is 1. The lowest BCUT2D eigenvalue weighted by atomic mass is 10.2. The Balaban J connectivity index is 3.43. The summed E-state index contributed by atoms with van der Waals surface area (Å²) in [5.41, 5.74) is 0.215. The molecule has 0 unspecified atom stereocenters. The van der Waals surface area contributed by atoms with Crippen molar-refractivity contribution in [3.05, 3.63) is 26.7 Å².